The van der Waals surface area contributed by atoms with Gasteiger partial charge in [-0.05, 0) is 26.9 Å². The first-order valence-corrected chi connectivity index (χ1v) is 8.67. The fourth-order valence-corrected chi connectivity index (χ4v) is 3.55. The Kier molecular flexibility index (Phi) is 27.1. The highest BCUT2D eigenvalue weighted by atomic mass is 33.1. The molecule has 0 aromatic rings. The maximum Gasteiger partial charge on any atom is 0.306 e. The van der Waals surface area contributed by atoms with Crippen molar-refractivity contribution in [3.05, 3.63) is 0 Å². The smallest absolute Gasteiger partial charge is 0.306 e. The fourth-order valence-electron chi connectivity index (χ4n) is 1.25. The van der Waals surface area contributed by atoms with E-state index in [1.807, 2.05) is 31.8 Å². The van der Waals surface area contributed by atoms with Crippen LogP contribution in [0.5, 0.6) is 0 Å². The molecule has 0 N–H and O–H groups in total. The number of rotatable bonds is 10. The van der Waals surface area contributed by atoms with E-state index in [0.717, 1.165) is 24.5 Å². The Morgan fingerprint density at radius 2 is 1.70 bits per heavy atom. The maximum atomic E-state index is 11.5. The van der Waals surface area contributed by atoms with Crippen LogP contribution in [0.1, 0.15) is 55.4 Å². The molecule has 1 unspecified atom stereocenters. The van der Waals surface area contributed by atoms with Gasteiger partial charge in [0.1, 0.15) is 6.10 Å². The summed E-state index contributed by atoms with van der Waals surface area (Å²) in [5.41, 5.74) is 0. The lowest BCUT2D eigenvalue weighted by molar-refractivity contribution is -0.148. The van der Waals surface area contributed by atoms with E-state index in [2.05, 4.69) is 11.8 Å². The molecule has 5 heteroatoms. The van der Waals surface area contributed by atoms with Gasteiger partial charge in [-0.1, -0.05) is 57.7 Å². The average Bonchev–Trinajstić information content (AvgIpc) is 2.23. The highest BCUT2D eigenvalue weighted by Crippen LogP contribution is 2.23. The number of carbonyl (C=O) groups excluding carboxylic acids is 1. The summed E-state index contributed by atoms with van der Waals surface area (Å²) in [4.78, 5) is 13.5. The number of ether oxygens (including phenoxy) is 1. The molecule has 0 saturated carbocycles. The molecular formula is C15H37NO2S2. The van der Waals surface area contributed by atoms with Crippen molar-refractivity contribution in [2.45, 2.75) is 61.5 Å². The SMILES string of the molecule is C.C.C.CCCSSCC(CN(C)C)OC(=O)CCC. The number of hydrogen-bond donors (Lipinski definition) is 0. The predicted octanol–water partition coefficient (Wildman–Crippen LogP) is 4.96. The van der Waals surface area contributed by atoms with Gasteiger partial charge in [0.05, 0.1) is 0 Å². The second-order valence-corrected chi connectivity index (χ2v) is 6.86. The van der Waals surface area contributed by atoms with Crippen LogP contribution in [-0.4, -0.2) is 49.1 Å². The lowest BCUT2D eigenvalue weighted by Crippen LogP contribution is -2.32. The van der Waals surface area contributed by atoms with Gasteiger partial charge in [-0.15, -0.1) is 0 Å². The lowest BCUT2D eigenvalue weighted by atomic mass is 10.3. The normalized spacial score (nSPS) is 10.8. The van der Waals surface area contributed by atoms with Crippen LogP contribution in [0.15, 0.2) is 0 Å². The minimum Gasteiger partial charge on any atom is -0.460 e. The minimum absolute atomic E-state index is 0. The summed E-state index contributed by atoms with van der Waals surface area (Å²) in [6, 6.07) is 0. The lowest BCUT2D eigenvalue weighted by Gasteiger charge is -2.21. The van der Waals surface area contributed by atoms with Gasteiger partial charge in [-0.2, -0.15) is 0 Å². The molecular weight excluding hydrogens is 290 g/mol. The Morgan fingerprint density at radius 3 is 2.15 bits per heavy atom. The number of hydrogen-bond acceptors (Lipinski definition) is 5. The van der Waals surface area contributed by atoms with Crippen LogP contribution >= 0.6 is 21.6 Å². The number of likely N-dealkylation sites (N-methyl/N-ethyl adjacent to an activating group) is 1. The number of esters is 1. The summed E-state index contributed by atoms with van der Waals surface area (Å²) in [5.74, 6) is 1.96. The highest BCUT2D eigenvalue weighted by Gasteiger charge is 2.15. The standard InChI is InChI=1S/C12H25NO2S2.3CH4/c1-5-7-12(14)15-11(9-13(3)4)10-17-16-8-6-2;;;/h11H,5-10H2,1-4H3;3*1H4. The molecule has 3 nitrogen and oxygen atoms in total. The van der Waals surface area contributed by atoms with E-state index in [1.54, 1.807) is 10.8 Å². The van der Waals surface area contributed by atoms with Crippen LogP contribution < -0.4 is 0 Å². The molecule has 0 rings (SSSR count). The third-order valence-electron chi connectivity index (χ3n) is 1.95. The zero-order valence-electron chi connectivity index (χ0n) is 11.4. The third kappa shape index (κ3) is 18.1. The number of nitrogens with zero attached hydrogens (tertiary/aromatic N) is 1. The molecule has 0 bridgehead atoms. The second kappa shape index (κ2) is 19.1. The maximum absolute atomic E-state index is 11.5. The van der Waals surface area contributed by atoms with Gasteiger partial charge in [0.25, 0.3) is 0 Å². The van der Waals surface area contributed by atoms with Gasteiger partial charge in [0, 0.05) is 24.5 Å². The molecule has 0 aliphatic carbocycles. The molecule has 0 saturated heterocycles. The van der Waals surface area contributed by atoms with Crippen LogP contribution in [0.25, 0.3) is 0 Å². The van der Waals surface area contributed by atoms with E-state index >= 15 is 0 Å². The van der Waals surface area contributed by atoms with Crippen molar-refractivity contribution in [2.75, 3.05) is 32.1 Å². The summed E-state index contributed by atoms with van der Waals surface area (Å²) in [6.45, 7) is 4.97. The Labute approximate surface area is 136 Å². The Morgan fingerprint density at radius 1 is 1.10 bits per heavy atom. The molecule has 1 atom stereocenters. The van der Waals surface area contributed by atoms with Crippen molar-refractivity contribution in [3.63, 3.8) is 0 Å². The first-order chi connectivity index (χ1) is 8.10. The van der Waals surface area contributed by atoms with Gasteiger partial charge in [0.2, 0.25) is 0 Å². The van der Waals surface area contributed by atoms with Gasteiger partial charge in [-0.25, -0.2) is 0 Å². The van der Waals surface area contributed by atoms with Gasteiger partial charge < -0.3 is 9.64 Å². The van der Waals surface area contributed by atoms with E-state index in [9.17, 15) is 4.79 Å². The molecule has 20 heavy (non-hydrogen) atoms. The molecule has 0 amide bonds. The Balaban J connectivity index is -0.000000427. The van der Waals surface area contributed by atoms with Crippen molar-refractivity contribution in [3.8, 4) is 0 Å². The molecule has 0 heterocycles. The van der Waals surface area contributed by atoms with Crippen LogP contribution in [0.3, 0.4) is 0 Å². The molecule has 0 fully saturated rings. The zero-order chi connectivity index (χ0) is 13.1. The van der Waals surface area contributed by atoms with Crippen molar-refractivity contribution in [2.24, 2.45) is 0 Å². The minimum atomic E-state index is -0.0690. The topological polar surface area (TPSA) is 29.5 Å². The summed E-state index contributed by atoms with van der Waals surface area (Å²) in [5, 5.41) is 0. The molecule has 0 aliphatic rings. The Hall–Kier alpha value is 0.130. The van der Waals surface area contributed by atoms with Gasteiger partial charge in [0.15, 0.2) is 0 Å². The fraction of sp³-hybridized carbons (Fsp3) is 0.933. The van der Waals surface area contributed by atoms with Crippen molar-refractivity contribution < 1.29 is 9.53 Å². The largest absolute Gasteiger partial charge is 0.460 e. The molecule has 126 valence electrons. The van der Waals surface area contributed by atoms with Gasteiger partial charge in [-0.3, -0.25) is 4.79 Å². The van der Waals surface area contributed by atoms with Crippen molar-refractivity contribution in [1.29, 1.82) is 0 Å². The van der Waals surface area contributed by atoms with Crippen molar-refractivity contribution >= 4 is 27.6 Å². The van der Waals surface area contributed by atoms with E-state index in [1.165, 1.54) is 6.42 Å². The Bertz CT molecular complexity index is 202. The molecule has 0 radical (unpaired) electrons. The highest BCUT2D eigenvalue weighted by molar-refractivity contribution is 8.76. The van der Waals surface area contributed by atoms with Crippen LogP contribution in [0.4, 0.5) is 0 Å². The van der Waals surface area contributed by atoms with Crippen molar-refractivity contribution in [1.82, 2.24) is 4.90 Å². The van der Waals surface area contributed by atoms with E-state index < -0.39 is 0 Å². The molecule has 0 aliphatic heterocycles. The van der Waals surface area contributed by atoms with E-state index in [-0.39, 0.29) is 34.4 Å². The average molecular weight is 328 g/mol. The molecule has 0 spiro atoms. The summed E-state index contributed by atoms with van der Waals surface area (Å²) in [7, 11) is 7.67. The first-order valence-electron chi connectivity index (χ1n) is 6.18. The predicted molar refractivity (Wildman–Crippen MR) is 98.7 cm³/mol. The summed E-state index contributed by atoms with van der Waals surface area (Å²) < 4.78 is 5.47. The zero-order valence-corrected chi connectivity index (χ0v) is 13.0. The molecule has 0 aromatic heterocycles. The molecule has 0 aromatic carbocycles. The third-order valence-corrected chi connectivity index (χ3v) is 4.60. The number of carbonyl (C=O) groups is 1. The van der Waals surface area contributed by atoms with Crippen LogP contribution in [-0.2, 0) is 9.53 Å². The van der Waals surface area contributed by atoms with Crippen LogP contribution in [0.2, 0.25) is 0 Å². The van der Waals surface area contributed by atoms with E-state index in [4.69, 9.17) is 4.74 Å². The van der Waals surface area contributed by atoms with Crippen LogP contribution in [0, 0.1) is 0 Å². The monoisotopic (exact) mass is 327 g/mol. The first kappa shape index (κ1) is 28.3. The quantitative estimate of drug-likeness (QED) is 0.321. The summed E-state index contributed by atoms with van der Waals surface area (Å²) >= 11 is 0. The van der Waals surface area contributed by atoms with E-state index in [0.29, 0.717) is 6.42 Å². The summed E-state index contributed by atoms with van der Waals surface area (Å²) in [6.07, 6.45) is 2.58. The van der Waals surface area contributed by atoms with Gasteiger partial charge >= 0.3 is 5.97 Å². The second-order valence-electron chi connectivity index (χ2n) is 4.23.